The van der Waals surface area contributed by atoms with Crippen LogP contribution in [0.1, 0.15) is 23.3 Å². The number of anilines is 1. The van der Waals surface area contributed by atoms with Crippen molar-refractivity contribution in [2.24, 2.45) is 11.3 Å². The van der Waals surface area contributed by atoms with E-state index in [0.29, 0.717) is 44.3 Å². The first kappa shape index (κ1) is 17.8. The molecule has 8 nitrogen and oxygen atoms in total. The number of fused-ring (bicyclic) bond motifs is 2. The minimum absolute atomic E-state index is 0.0347. The molecular formula is C21H22N4O4. The zero-order valence-corrected chi connectivity index (χ0v) is 15.9. The summed E-state index contributed by atoms with van der Waals surface area (Å²) in [6.07, 6.45) is 2.35. The number of hydrogen-bond acceptors (Lipinski definition) is 5. The molecule has 2 atom stereocenters. The zero-order valence-electron chi connectivity index (χ0n) is 15.9. The maximum atomic E-state index is 12.8. The Morgan fingerprint density at radius 1 is 1.21 bits per heavy atom. The van der Waals surface area contributed by atoms with Gasteiger partial charge in [-0.05, 0) is 30.7 Å². The molecule has 2 aromatic heterocycles. The van der Waals surface area contributed by atoms with E-state index in [0.717, 1.165) is 11.1 Å². The molecule has 0 unspecified atom stereocenters. The lowest BCUT2D eigenvalue weighted by Crippen LogP contribution is -2.37. The maximum absolute atomic E-state index is 12.8. The topological polar surface area (TPSA) is 103 Å². The highest BCUT2D eigenvalue weighted by Gasteiger charge is 2.54. The summed E-state index contributed by atoms with van der Waals surface area (Å²) in [6, 6.07) is 11.8. The first-order valence-corrected chi connectivity index (χ1v) is 9.79. The largest absolute Gasteiger partial charge is 0.481 e. The molecule has 0 aliphatic carbocycles. The third kappa shape index (κ3) is 3.04. The van der Waals surface area contributed by atoms with Gasteiger partial charge in [0.05, 0.1) is 0 Å². The number of nitrogens with zero attached hydrogens (tertiary/aromatic N) is 3. The Kier molecular flexibility index (Phi) is 4.08. The van der Waals surface area contributed by atoms with E-state index >= 15 is 0 Å². The Morgan fingerprint density at radius 2 is 2.07 bits per heavy atom. The number of oxazole rings is 1. The van der Waals surface area contributed by atoms with E-state index in [4.69, 9.17) is 4.42 Å². The lowest BCUT2D eigenvalue weighted by molar-refractivity contribution is -0.137. The molecule has 4 heterocycles. The highest BCUT2D eigenvalue weighted by Crippen LogP contribution is 2.47. The van der Waals surface area contributed by atoms with Crippen LogP contribution in [0.4, 0.5) is 6.01 Å². The number of amides is 1. The normalized spacial score (nSPS) is 23.7. The van der Waals surface area contributed by atoms with Crippen LogP contribution in [0.15, 0.2) is 47.0 Å². The number of para-hydroxylation sites is 2. The number of rotatable bonds is 5. The molecule has 150 valence electrons. The van der Waals surface area contributed by atoms with Crippen LogP contribution in [0.25, 0.3) is 11.1 Å². The van der Waals surface area contributed by atoms with Gasteiger partial charge in [-0.25, -0.2) is 0 Å². The van der Waals surface area contributed by atoms with Gasteiger partial charge in [-0.3, -0.25) is 9.59 Å². The summed E-state index contributed by atoms with van der Waals surface area (Å²) in [4.78, 5) is 35.6. The van der Waals surface area contributed by atoms with Gasteiger partial charge in [-0.1, -0.05) is 12.1 Å². The molecule has 5 rings (SSSR count). The molecule has 8 heteroatoms. The Bertz CT molecular complexity index is 1030. The predicted octanol–water partition coefficient (Wildman–Crippen LogP) is 2.60. The molecule has 2 aliphatic rings. The minimum atomic E-state index is -0.812. The number of carbonyl (C=O) groups is 2. The van der Waals surface area contributed by atoms with Gasteiger partial charge in [0.1, 0.15) is 11.2 Å². The fourth-order valence-electron chi connectivity index (χ4n) is 4.82. The number of hydrogen-bond donors (Lipinski definition) is 2. The van der Waals surface area contributed by atoms with E-state index in [9.17, 15) is 14.7 Å². The van der Waals surface area contributed by atoms with Crippen LogP contribution in [-0.4, -0.2) is 58.0 Å². The van der Waals surface area contributed by atoms with Gasteiger partial charge in [-0.15, -0.1) is 0 Å². The van der Waals surface area contributed by atoms with Gasteiger partial charge in [-0.2, -0.15) is 4.98 Å². The van der Waals surface area contributed by atoms with Crippen molar-refractivity contribution in [3.8, 4) is 0 Å². The molecule has 2 saturated heterocycles. The summed E-state index contributed by atoms with van der Waals surface area (Å²) in [5.74, 6) is -0.670. The van der Waals surface area contributed by atoms with Crippen LogP contribution in [0, 0.1) is 11.3 Å². The third-order valence-corrected chi connectivity index (χ3v) is 6.26. The van der Waals surface area contributed by atoms with E-state index < -0.39 is 5.97 Å². The molecule has 3 aromatic rings. The monoisotopic (exact) mass is 394 g/mol. The average molecular weight is 394 g/mol. The van der Waals surface area contributed by atoms with Gasteiger partial charge in [0.15, 0.2) is 5.58 Å². The first-order chi connectivity index (χ1) is 14.0. The Balaban J connectivity index is 1.40. The number of aromatic nitrogens is 2. The van der Waals surface area contributed by atoms with Crippen LogP contribution in [0.3, 0.4) is 0 Å². The highest BCUT2D eigenvalue weighted by atomic mass is 16.4. The molecule has 1 amide bonds. The van der Waals surface area contributed by atoms with E-state index in [-0.39, 0.29) is 23.7 Å². The van der Waals surface area contributed by atoms with Gasteiger partial charge in [0.25, 0.3) is 11.9 Å². The van der Waals surface area contributed by atoms with Crippen molar-refractivity contribution in [1.29, 1.82) is 0 Å². The molecule has 0 bridgehead atoms. The minimum Gasteiger partial charge on any atom is -0.481 e. The quantitative estimate of drug-likeness (QED) is 0.690. The summed E-state index contributed by atoms with van der Waals surface area (Å²) >= 11 is 0. The van der Waals surface area contributed by atoms with E-state index in [1.54, 1.807) is 18.3 Å². The summed E-state index contributed by atoms with van der Waals surface area (Å²) in [5.41, 5.74) is 1.83. The van der Waals surface area contributed by atoms with Crippen LogP contribution < -0.4 is 4.90 Å². The molecule has 0 spiro atoms. The van der Waals surface area contributed by atoms with Gasteiger partial charge >= 0.3 is 5.97 Å². The van der Waals surface area contributed by atoms with Crippen molar-refractivity contribution in [3.63, 3.8) is 0 Å². The lowest BCUT2D eigenvalue weighted by atomic mass is 9.77. The van der Waals surface area contributed by atoms with Crippen molar-refractivity contribution < 1.29 is 19.1 Å². The summed E-state index contributed by atoms with van der Waals surface area (Å²) in [7, 11) is 0. The molecule has 2 N–H and O–H groups in total. The van der Waals surface area contributed by atoms with Crippen LogP contribution in [-0.2, 0) is 4.79 Å². The molecule has 29 heavy (non-hydrogen) atoms. The van der Waals surface area contributed by atoms with Crippen LogP contribution >= 0.6 is 0 Å². The number of carbonyl (C=O) groups excluding carboxylic acids is 1. The number of aromatic amines is 1. The SMILES string of the molecule is O=C(O)CC[C@@]12CN(C(=O)c3ccc[nH]3)C[C@@H]1CN(c1nc3ccccc3o1)C2. The van der Waals surface area contributed by atoms with Crippen molar-refractivity contribution in [3.05, 3.63) is 48.3 Å². The second-order valence-corrected chi connectivity index (χ2v) is 8.07. The summed E-state index contributed by atoms with van der Waals surface area (Å²) in [6.45, 7) is 2.47. The Morgan fingerprint density at radius 3 is 2.83 bits per heavy atom. The number of carboxylic acid groups (broad SMARTS) is 1. The van der Waals surface area contributed by atoms with Crippen molar-refractivity contribution in [2.75, 3.05) is 31.1 Å². The lowest BCUT2D eigenvalue weighted by Gasteiger charge is -2.28. The number of likely N-dealkylation sites (tertiary alicyclic amines) is 1. The van der Waals surface area contributed by atoms with Gasteiger partial charge in [0, 0.05) is 50.1 Å². The zero-order chi connectivity index (χ0) is 20.0. The van der Waals surface area contributed by atoms with Crippen LogP contribution in [0.5, 0.6) is 0 Å². The van der Waals surface area contributed by atoms with E-state index in [1.807, 2.05) is 29.2 Å². The molecule has 2 fully saturated rings. The van der Waals surface area contributed by atoms with Gasteiger partial charge in [0.2, 0.25) is 0 Å². The predicted molar refractivity (Wildman–Crippen MR) is 106 cm³/mol. The summed E-state index contributed by atoms with van der Waals surface area (Å²) in [5, 5.41) is 9.26. The highest BCUT2D eigenvalue weighted by molar-refractivity contribution is 5.92. The Labute approximate surface area is 167 Å². The number of carboxylic acids is 1. The van der Waals surface area contributed by atoms with Crippen molar-refractivity contribution >= 4 is 29.0 Å². The van der Waals surface area contributed by atoms with E-state index in [1.165, 1.54) is 0 Å². The van der Waals surface area contributed by atoms with Crippen LogP contribution in [0.2, 0.25) is 0 Å². The molecule has 0 radical (unpaired) electrons. The second kappa shape index (κ2) is 6.65. The number of nitrogens with one attached hydrogen (secondary N) is 1. The second-order valence-electron chi connectivity index (χ2n) is 8.07. The van der Waals surface area contributed by atoms with Gasteiger partial charge < -0.3 is 24.3 Å². The van der Waals surface area contributed by atoms with E-state index in [2.05, 4.69) is 14.9 Å². The third-order valence-electron chi connectivity index (χ3n) is 6.26. The number of benzene rings is 1. The van der Waals surface area contributed by atoms with Crippen molar-refractivity contribution in [2.45, 2.75) is 12.8 Å². The smallest absolute Gasteiger partial charge is 0.303 e. The van der Waals surface area contributed by atoms with Crippen molar-refractivity contribution in [1.82, 2.24) is 14.9 Å². The summed E-state index contributed by atoms with van der Waals surface area (Å²) < 4.78 is 5.93. The fourth-order valence-corrected chi connectivity index (χ4v) is 4.82. The molecular weight excluding hydrogens is 372 g/mol. The standard InChI is InChI=1S/C21H22N4O4/c26-18(27)7-8-21-12-24(19(28)16-5-3-9-22-16)10-14(21)11-25(13-21)20-23-15-4-1-2-6-17(15)29-20/h1-6,9,14,22H,7-8,10-13H2,(H,26,27)/t14-,21+/m1/s1. The first-order valence-electron chi connectivity index (χ1n) is 9.79. The average Bonchev–Trinajstić information content (AvgIpc) is 3.47. The Hall–Kier alpha value is -3.29. The molecule has 2 aliphatic heterocycles. The fraction of sp³-hybridized carbons (Fsp3) is 0.381. The maximum Gasteiger partial charge on any atom is 0.303 e. The molecule has 1 aromatic carbocycles. The molecule has 0 saturated carbocycles. The number of H-pyrrole nitrogens is 1. The number of aliphatic carboxylic acids is 1.